The first-order valence-corrected chi connectivity index (χ1v) is 15.2. The number of nitrogens with one attached hydrogen (secondary N) is 1. The van der Waals surface area contributed by atoms with Crippen LogP contribution in [-0.4, -0.2) is 67.3 Å². The van der Waals surface area contributed by atoms with Gasteiger partial charge < -0.3 is 10.2 Å². The van der Waals surface area contributed by atoms with E-state index in [1.807, 2.05) is 12.3 Å². The minimum absolute atomic E-state index is 0.129. The van der Waals surface area contributed by atoms with Gasteiger partial charge in [0.05, 0.1) is 9.90 Å². The van der Waals surface area contributed by atoms with Gasteiger partial charge in [0.1, 0.15) is 5.69 Å². The first-order chi connectivity index (χ1) is 16.8. The van der Waals surface area contributed by atoms with Crippen molar-refractivity contribution >= 4 is 38.9 Å². The summed E-state index contributed by atoms with van der Waals surface area (Å²) in [5.41, 5.74) is 1.31. The third-order valence-electron chi connectivity index (χ3n) is 7.19. The van der Waals surface area contributed by atoms with E-state index in [2.05, 4.69) is 22.1 Å². The highest BCUT2D eigenvalue weighted by Crippen LogP contribution is 2.33. The molecule has 1 amide bonds. The summed E-state index contributed by atoms with van der Waals surface area (Å²) in [4.78, 5) is 19.9. The highest BCUT2D eigenvalue weighted by atomic mass is 35.5. The van der Waals surface area contributed by atoms with Gasteiger partial charge in [0, 0.05) is 48.5 Å². The number of piperidine rings is 2. The molecule has 10 heteroatoms. The van der Waals surface area contributed by atoms with Gasteiger partial charge in [-0.05, 0) is 70.2 Å². The van der Waals surface area contributed by atoms with E-state index in [9.17, 15) is 13.2 Å². The van der Waals surface area contributed by atoms with Crippen LogP contribution in [0.1, 0.15) is 72.4 Å². The number of benzene rings is 1. The smallest absolute Gasteiger partial charge is 0.270 e. The number of likely N-dealkylation sites (tertiary alicyclic amines) is 1. The van der Waals surface area contributed by atoms with Gasteiger partial charge in [0.15, 0.2) is 0 Å². The Morgan fingerprint density at radius 1 is 1.20 bits per heavy atom. The maximum atomic E-state index is 13.0. The molecule has 35 heavy (non-hydrogen) atoms. The van der Waals surface area contributed by atoms with Crippen molar-refractivity contribution in [1.82, 2.24) is 19.5 Å². The molecule has 0 saturated carbocycles. The molecule has 0 bridgehead atoms. The zero-order valence-electron chi connectivity index (χ0n) is 20.5. The Morgan fingerprint density at radius 2 is 1.97 bits per heavy atom. The Balaban J connectivity index is 1.25. The topological polar surface area (TPSA) is 82.6 Å². The normalized spacial score (nSPS) is 20.7. The Labute approximate surface area is 217 Å². The zero-order valence-corrected chi connectivity index (χ0v) is 22.9. The van der Waals surface area contributed by atoms with Gasteiger partial charge in [-0.2, -0.15) is 4.31 Å². The molecule has 7 nitrogen and oxygen atoms in total. The fourth-order valence-corrected chi connectivity index (χ4v) is 7.58. The van der Waals surface area contributed by atoms with Crippen molar-refractivity contribution in [2.24, 2.45) is 0 Å². The summed E-state index contributed by atoms with van der Waals surface area (Å²) in [5.74, 6) is 0.0330. The van der Waals surface area contributed by atoms with E-state index in [1.54, 1.807) is 12.1 Å². The number of hydrogen-bond acceptors (Lipinski definition) is 6. The lowest BCUT2D eigenvalue weighted by Crippen LogP contribution is -2.39. The Bertz CT molecular complexity index is 1130. The van der Waals surface area contributed by atoms with Gasteiger partial charge in [-0.25, -0.2) is 13.4 Å². The number of thiazole rings is 1. The minimum atomic E-state index is -3.58. The van der Waals surface area contributed by atoms with E-state index in [0.29, 0.717) is 49.2 Å². The van der Waals surface area contributed by atoms with Gasteiger partial charge in [0.25, 0.3) is 5.91 Å². The van der Waals surface area contributed by atoms with Crippen LogP contribution in [0.4, 0.5) is 0 Å². The van der Waals surface area contributed by atoms with E-state index >= 15 is 0 Å². The fourth-order valence-electron chi connectivity index (χ4n) is 4.87. The van der Waals surface area contributed by atoms with Crippen molar-refractivity contribution in [3.05, 3.63) is 44.9 Å². The quantitative estimate of drug-likeness (QED) is 0.494. The molecule has 0 radical (unpaired) electrons. The van der Waals surface area contributed by atoms with Gasteiger partial charge in [-0.15, -0.1) is 11.3 Å². The maximum Gasteiger partial charge on any atom is 0.270 e. The van der Waals surface area contributed by atoms with E-state index in [1.165, 1.54) is 41.0 Å². The molecule has 2 aliphatic heterocycles. The number of rotatable bonds is 8. The first kappa shape index (κ1) is 26.5. The highest BCUT2D eigenvalue weighted by Gasteiger charge is 2.31. The standard InChI is InChI=1S/C25H35ClN4O3S2/c1-18-7-8-21(16-22(18)26)35(32,33)30-14-9-20(10-15-30)25-28-23(17-34-25)24(31)27-11-5-13-29-12-4-3-6-19(29)2/h7-8,16-17,19-20H,3-6,9-15H2,1-2H3,(H,27,31). The summed E-state index contributed by atoms with van der Waals surface area (Å²) < 4.78 is 27.6. The second-order valence-corrected chi connectivity index (χ2v) is 12.9. The molecule has 2 fully saturated rings. The SMILES string of the molecule is Cc1ccc(S(=O)(=O)N2CCC(c3nc(C(=O)NCCCN4CCCCC4C)cs3)CC2)cc1Cl. The predicted molar refractivity (Wildman–Crippen MR) is 141 cm³/mol. The number of nitrogens with zero attached hydrogens (tertiary/aromatic N) is 3. The molecule has 2 aliphatic rings. The lowest BCUT2D eigenvalue weighted by molar-refractivity contribution is 0.0944. The summed E-state index contributed by atoms with van der Waals surface area (Å²) in [7, 11) is -3.58. The van der Waals surface area contributed by atoms with Crippen molar-refractivity contribution in [3.63, 3.8) is 0 Å². The molecular formula is C25H35ClN4O3S2. The van der Waals surface area contributed by atoms with Crippen molar-refractivity contribution in [1.29, 1.82) is 0 Å². The summed E-state index contributed by atoms with van der Waals surface area (Å²) in [6.45, 7) is 7.80. The van der Waals surface area contributed by atoms with Gasteiger partial charge in [0.2, 0.25) is 10.0 Å². The van der Waals surface area contributed by atoms with Crippen LogP contribution in [0.25, 0.3) is 0 Å². The van der Waals surface area contributed by atoms with E-state index in [0.717, 1.165) is 30.1 Å². The third-order valence-corrected chi connectivity index (χ3v) is 10.5. The summed E-state index contributed by atoms with van der Waals surface area (Å²) in [5, 5.41) is 6.18. The molecule has 1 aromatic heterocycles. The zero-order chi connectivity index (χ0) is 25.0. The van der Waals surface area contributed by atoms with Gasteiger partial charge in [-0.1, -0.05) is 24.1 Å². The molecular weight excluding hydrogens is 504 g/mol. The largest absolute Gasteiger partial charge is 0.351 e. The van der Waals surface area contributed by atoms with Crippen LogP contribution in [0, 0.1) is 6.92 Å². The molecule has 3 heterocycles. The van der Waals surface area contributed by atoms with Crippen LogP contribution >= 0.6 is 22.9 Å². The Hall–Kier alpha value is -1.52. The number of carbonyl (C=O) groups is 1. The monoisotopic (exact) mass is 538 g/mol. The predicted octanol–water partition coefficient (Wildman–Crippen LogP) is 4.67. The molecule has 2 saturated heterocycles. The van der Waals surface area contributed by atoms with Crippen molar-refractivity contribution in [3.8, 4) is 0 Å². The van der Waals surface area contributed by atoms with Gasteiger partial charge >= 0.3 is 0 Å². The van der Waals surface area contributed by atoms with E-state index in [4.69, 9.17) is 11.6 Å². The maximum absolute atomic E-state index is 13.0. The van der Waals surface area contributed by atoms with Crippen molar-refractivity contribution < 1.29 is 13.2 Å². The van der Waals surface area contributed by atoms with Crippen LogP contribution < -0.4 is 5.32 Å². The average Bonchev–Trinajstić information content (AvgIpc) is 3.35. The summed E-state index contributed by atoms with van der Waals surface area (Å²) in [6.07, 6.45) is 6.15. The molecule has 192 valence electrons. The van der Waals surface area contributed by atoms with Crippen LogP contribution in [0.15, 0.2) is 28.5 Å². The molecule has 4 rings (SSSR count). The molecule has 2 aromatic rings. The van der Waals surface area contributed by atoms with E-state index < -0.39 is 10.0 Å². The number of aryl methyl sites for hydroxylation is 1. The number of carbonyl (C=O) groups excluding carboxylic acids is 1. The number of amides is 1. The highest BCUT2D eigenvalue weighted by molar-refractivity contribution is 7.89. The van der Waals surface area contributed by atoms with Crippen LogP contribution in [-0.2, 0) is 10.0 Å². The van der Waals surface area contributed by atoms with Crippen molar-refractivity contribution in [2.75, 3.05) is 32.7 Å². The number of aromatic nitrogens is 1. The van der Waals surface area contributed by atoms with Crippen LogP contribution in [0.3, 0.4) is 0 Å². The number of sulfonamides is 1. The van der Waals surface area contributed by atoms with Crippen LogP contribution in [0.5, 0.6) is 0 Å². The molecule has 0 spiro atoms. The molecule has 1 aromatic carbocycles. The minimum Gasteiger partial charge on any atom is -0.351 e. The number of hydrogen-bond donors (Lipinski definition) is 1. The van der Waals surface area contributed by atoms with Crippen LogP contribution in [0.2, 0.25) is 5.02 Å². The number of halogens is 1. The molecule has 1 unspecified atom stereocenters. The lowest BCUT2D eigenvalue weighted by atomic mass is 9.99. The molecule has 0 aliphatic carbocycles. The molecule has 1 atom stereocenters. The summed E-state index contributed by atoms with van der Waals surface area (Å²) >= 11 is 7.64. The van der Waals surface area contributed by atoms with E-state index in [-0.39, 0.29) is 16.7 Å². The lowest BCUT2D eigenvalue weighted by Gasteiger charge is -2.33. The fraction of sp³-hybridized carbons (Fsp3) is 0.600. The molecule has 1 N–H and O–H groups in total. The second-order valence-electron chi connectivity index (χ2n) is 9.65. The first-order valence-electron chi connectivity index (χ1n) is 12.5. The summed E-state index contributed by atoms with van der Waals surface area (Å²) in [6, 6.07) is 5.51. The second kappa shape index (κ2) is 11.7. The third kappa shape index (κ3) is 6.43. The average molecular weight is 539 g/mol. The van der Waals surface area contributed by atoms with Gasteiger partial charge in [-0.3, -0.25) is 4.79 Å². The Kier molecular flexibility index (Phi) is 8.86. The van der Waals surface area contributed by atoms with Crippen molar-refractivity contribution in [2.45, 2.75) is 69.2 Å². The Morgan fingerprint density at radius 3 is 2.69 bits per heavy atom.